The van der Waals surface area contributed by atoms with Crippen LogP contribution in [-0.4, -0.2) is 47.9 Å². The predicted molar refractivity (Wildman–Crippen MR) is 138 cm³/mol. The van der Waals surface area contributed by atoms with Crippen molar-refractivity contribution >= 4 is 28.6 Å². The summed E-state index contributed by atoms with van der Waals surface area (Å²) in [6, 6.07) is 10.4. The maximum atomic E-state index is 14.4. The Morgan fingerprint density at radius 3 is 2.70 bits per heavy atom. The Balaban J connectivity index is 1.46. The molecular weight excluding hydrogens is 473 g/mol. The average Bonchev–Trinajstić information content (AvgIpc) is 3.36. The topological polar surface area (TPSA) is 118 Å². The lowest BCUT2D eigenvalue weighted by Gasteiger charge is -2.28. The molecule has 0 bridgehead atoms. The summed E-state index contributed by atoms with van der Waals surface area (Å²) in [6.45, 7) is 3.91. The van der Waals surface area contributed by atoms with E-state index in [1.54, 1.807) is 29.1 Å². The number of aromatic nitrogens is 5. The number of hydrogen-bond acceptors (Lipinski definition) is 7. The van der Waals surface area contributed by atoms with Gasteiger partial charge in [-0.15, -0.1) is 0 Å². The van der Waals surface area contributed by atoms with Crippen LogP contribution in [0.5, 0.6) is 0 Å². The summed E-state index contributed by atoms with van der Waals surface area (Å²) < 4.78 is 16.1. The molecule has 4 aromatic rings. The third-order valence-electron chi connectivity index (χ3n) is 7.37. The van der Waals surface area contributed by atoms with E-state index in [1.807, 2.05) is 26.0 Å². The third-order valence-corrected chi connectivity index (χ3v) is 7.37. The molecule has 10 heteroatoms. The Kier molecular flexibility index (Phi) is 5.63. The molecule has 0 unspecified atom stereocenters. The number of nitrogens with one attached hydrogen (secondary N) is 2. The Morgan fingerprint density at radius 2 is 1.92 bits per heavy atom. The van der Waals surface area contributed by atoms with Gasteiger partial charge in [0.25, 0.3) is 0 Å². The fourth-order valence-electron chi connectivity index (χ4n) is 5.22. The zero-order valence-corrected chi connectivity index (χ0v) is 20.7. The lowest BCUT2D eigenvalue weighted by molar-refractivity contribution is -0.119. The molecule has 3 aromatic heterocycles. The van der Waals surface area contributed by atoms with Crippen molar-refractivity contribution in [1.82, 2.24) is 24.7 Å². The monoisotopic (exact) mass is 501 g/mol. The van der Waals surface area contributed by atoms with E-state index < -0.39 is 5.41 Å². The first-order valence-electron chi connectivity index (χ1n) is 12.5. The largest absolute Gasteiger partial charge is 0.393 e. The van der Waals surface area contributed by atoms with E-state index in [4.69, 9.17) is 15.1 Å². The number of nitrogens with zero attached hydrogens (tertiary/aromatic N) is 5. The van der Waals surface area contributed by atoms with Crippen LogP contribution in [0.4, 0.5) is 16.0 Å². The standard InChI is InChI=1S/C27H28FN7O2/c1-27(2)20-22(30-16-9-11-17(36)12-10-16)31-24(32-23(20)33-26(27)37)21-18-7-5-13-29-25(18)35(34-21)14-15-6-3-4-8-19(15)28/h3-8,13,16-17,36H,9-12,14H2,1-2H3,(H2,30,31,32,33,37). The van der Waals surface area contributed by atoms with Gasteiger partial charge >= 0.3 is 0 Å². The quantitative estimate of drug-likeness (QED) is 0.378. The first-order chi connectivity index (χ1) is 17.8. The zero-order chi connectivity index (χ0) is 25.7. The van der Waals surface area contributed by atoms with E-state index in [1.165, 1.54) is 6.07 Å². The Hall–Kier alpha value is -3.92. The van der Waals surface area contributed by atoms with Gasteiger partial charge in [-0.05, 0) is 57.7 Å². The van der Waals surface area contributed by atoms with Gasteiger partial charge in [0.15, 0.2) is 11.5 Å². The highest BCUT2D eigenvalue weighted by atomic mass is 19.1. The van der Waals surface area contributed by atoms with E-state index in [0.717, 1.165) is 36.6 Å². The molecule has 9 nitrogen and oxygen atoms in total. The van der Waals surface area contributed by atoms with Crippen molar-refractivity contribution in [3.05, 3.63) is 59.5 Å². The summed E-state index contributed by atoms with van der Waals surface area (Å²) in [7, 11) is 0. The normalized spacial score (nSPS) is 20.6. The van der Waals surface area contributed by atoms with Crippen molar-refractivity contribution in [3.8, 4) is 11.5 Å². The summed E-state index contributed by atoms with van der Waals surface area (Å²) in [6.07, 6.45) is 4.44. The number of carbonyl (C=O) groups is 1. The number of aliphatic hydroxyl groups is 1. The maximum absolute atomic E-state index is 14.4. The van der Waals surface area contributed by atoms with E-state index in [9.17, 15) is 14.3 Å². The molecule has 0 saturated heterocycles. The van der Waals surface area contributed by atoms with Crippen LogP contribution in [-0.2, 0) is 16.8 Å². The van der Waals surface area contributed by atoms with Gasteiger partial charge in [0.05, 0.1) is 29.0 Å². The molecule has 3 N–H and O–H groups in total. The predicted octanol–water partition coefficient (Wildman–Crippen LogP) is 4.02. The molecule has 1 aromatic carbocycles. The van der Waals surface area contributed by atoms with E-state index in [-0.39, 0.29) is 30.4 Å². The number of amides is 1. The van der Waals surface area contributed by atoms with E-state index >= 15 is 0 Å². The molecule has 190 valence electrons. The minimum Gasteiger partial charge on any atom is -0.393 e. The van der Waals surface area contributed by atoms with Crippen LogP contribution in [0.2, 0.25) is 0 Å². The van der Waals surface area contributed by atoms with Crippen LogP contribution in [0, 0.1) is 5.82 Å². The number of anilines is 2. The molecule has 2 aliphatic rings. The van der Waals surface area contributed by atoms with Crippen molar-refractivity contribution in [1.29, 1.82) is 0 Å². The van der Waals surface area contributed by atoms with Gasteiger partial charge in [0.1, 0.15) is 23.1 Å². The van der Waals surface area contributed by atoms with Gasteiger partial charge in [-0.2, -0.15) is 5.10 Å². The Morgan fingerprint density at radius 1 is 1.14 bits per heavy atom. The summed E-state index contributed by atoms with van der Waals surface area (Å²) in [5, 5.41) is 21.9. The van der Waals surface area contributed by atoms with Crippen molar-refractivity contribution in [2.75, 3.05) is 10.6 Å². The number of halogens is 1. The second kappa shape index (κ2) is 8.88. The fraction of sp³-hybridized carbons (Fsp3) is 0.370. The highest BCUT2D eigenvalue weighted by Crippen LogP contribution is 2.42. The summed E-state index contributed by atoms with van der Waals surface area (Å²) >= 11 is 0. The Bertz CT molecular complexity index is 1510. The van der Waals surface area contributed by atoms with Crippen LogP contribution in [0.1, 0.15) is 50.7 Å². The Labute approximate surface area is 213 Å². The molecule has 1 aliphatic carbocycles. The minimum absolute atomic E-state index is 0.124. The van der Waals surface area contributed by atoms with Gasteiger partial charge in [-0.25, -0.2) is 24.0 Å². The van der Waals surface area contributed by atoms with Gasteiger partial charge in [0.2, 0.25) is 5.91 Å². The molecule has 6 rings (SSSR count). The number of benzene rings is 1. The lowest BCUT2D eigenvalue weighted by Crippen LogP contribution is -2.31. The summed E-state index contributed by atoms with van der Waals surface area (Å²) in [4.78, 5) is 26.9. The molecule has 0 atom stereocenters. The number of pyridine rings is 1. The number of carbonyl (C=O) groups excluding carboxylic acids is 1. The highest BCUT2D eigenvalue weighted by molar-refractivity contribution is 6.06. The molecule has 1 amide bonds. The molecule has 0 spiro atoms. The smallest absolute Gasteiger partial charge is 0.235 e. The van der Waals surface area contributed by atoms with Gasteiger partial charge in [0, 0.05) is 17.8 Å². The summed E-state index contributed by atoms with van der Waals surface area (Å²) in [5.74, 6) is 0.934. The second-order valence-corrected chi connectivity index (χ2v) is 10.3. The van der Waals surface area contributed by atoms with Gasteiger partial charge < -0.3 is 15.7 Å². The molecular formula is C27H28FN7O2. The number of fused-ring (bicyclic) bond motifs is 2. The van der Waals surface area contributed by atoms with Crippen LogP contribution in [0.15, 0.2) is 42.6 Å². The van der Waals surface area contributed by atoms with Crippen LogP contribution >= 0.6 is 0 Å². The fourth-order valence-corrected chi connectivity index (χ4v) is 5.22. The van der Waals surface area contributed by atoms with Gasteiger partial charge in [-0.3, -0.25) is 4.79 Å². The molecule has 0 radical (unpaired) electrons. The lowest BCUT2D eigenvalue weighted by atomic mass is 9.86. The number of rotatable bonds is 5. The van der Waals surface area contributed by atoms with Crippen LogP contribution < -0.4 is 10.6 Å². The minimum atomic E-state index is -0.807. The van der Waals surface area contributed by atoms with E-state index in [0.29, 0.717) is 34.4 Å². The van der Waals surface area contributed by atoms with Crippen molar-refractivity contribution < 1.29 is 14.3 Å². The first-order valence-corrected chi connectivity index (χ1v) is 12.5. The second-order valence-electron chi connectivity index (χ2n) is 10.3. The third kappa shape index (κ3) is 4.11. The van der Waals surface area contributed by atoms with Gasteiger partial charge in [-0.1, -0.05) is 18.2 Å². The highest BCUT2D eigenvalue weighted by Gasteiger charge is 2.43. The first kappa shape index (κ1) is 23.5. The molecule has 37 heavy (non-hydrogen) atoms. The molecule has 1 aliphatic heterocycles. The molecule has 1 saturated carbocycles. The summed E-state index contributed by atoms with van der Waals surface area (Å²) in [5.41, 5.74) is 1.50. The van der Waals surface area contributed by atoms with Crippen molar-refractivity contribution in [2.24, 2.45) is 0 Å². The number of hydrogen-bond donors (Lipinski definition) is 3. The van der Waals surface area contributed by atoms with Crippen LogP contribution in [0.25, 0.3) is 22.6 Å². The van der Waals surface area contributed by atoms with Crippen molar-refractivity contribution in [2.45, 2.75) is 63.6 Å². The van der Waals surface area contributed by atoms with E-state index in [2.05, 4.69) is 15.6 Å². The maximum Gasteiger partial charge on any atom is 0.235 e. The van der Waals surface area contributed by atoms with Crippen molar-refractivity contribution in [3.63, 3.8) is 0 Å². The molecule has 1 fully saturated rings. The molecule has 4 heterocycles. The zero-order valence-electron chi connectivity index (χ0n) is 20.7. The number of aliphatic hydroxyl groups excluding tert-OH is 1. The SMILES string of the molecule is CC1(C)C(=O)Nc2nc(-c3nn(Cc4ccccc4F)c4ncccc34)nc(NC3CCC(O)CC3)c21. The average molecular weight is 502 g/mol. The van der Waals surface area contributed by atoms with Crippen LogP contribution in [0.3, 0.4) is 0 Å².